The largest absolute Gasteiger partial charge is 0.497 e. The molecule has 1 aromatic heterocycles. The fourth-order valence-corrected chi connectivity index (χ4v) is 5.46. The van der Waals surface area contributed by atoms with Gasteiger partial charge in [0, 0.05) is 23.9 Å². The maximum Gasteiger partial charge on any atom is 0.314 e. The molecular weight excluding hydrogens is 376 g/mol. The van der Waals surface area contributed by atoms with Gasteiger partial charge >= 0.3 is 5.97 Å². The molecule has 2 aliphatic heterocycles. The summed E-state index contributed by atoms with van der Waals surface area (Å²) in [6, 6.07) is 7.52. The highest BCUT2D eigenvalue weighted by atomic mass is 32.1. The van der Waals surface area contributed by atoms with E-state index in [0.29, 0.717) is 19.3 Å². The highest BCUT2D eigenvalue weighted by Gasteiger charge is 2.61. The van der Waals surface area contributed by atoms with Gasteiger partial charge in [-0.1, -0.05) is 12.1 Å². The molecule has 2 saturated heterocycles. The van der Waals surface area contributed by atoms with Gasteiger partial charge in [0.15, 0.2) is 0 Å². The van der Waals surface area contributed by atoms with Crippen LogP contribution in [0, 0.1) is 5.41 Å². The highest BCUT2D eigenvalue weighted by molar-refractivity contribution is 7.07. The van der Waals surface area contributed by atoms with Crippen LogP contribution in [-0.4, -0.2) is 48.1 Å². The van der Waals surface area contributed by atoms with Crippen molar-refractivity contribution < 1.29 is 19.1 Å². The number of hydrogen-bond acceptors (Lipinski definition) is 6. The van der Waals surface area contributed by atoms with E-state index >= 15 is 0 Å². The van der Waals surface area contributed by atoms with E-state index < -0.39 is 5.41 Å². The Labute approximate surface area is 168 Å². The van der Waals surface area contributed by atoms with Gasteiger partial charge in [0.05, 0.1) is 37.3 Å². The van der Waals surface area contributed by atoms with Crippen molar-refractivity contribution in [3.05, 3.63) is 46.4 Å². The van der Waals surface area contributed by atoms with Crippen molar-refractivity contribution in [3.8, 4) is 5.75 Å². The summed E-state index contributed by atoms with van der Waals surface area (Å²) in [7, 11) is 3.05. The number of fused-ring (bicyclic) bond motifs is 2. The summed E-state index contributed by atoms with van der Waals surface area (Å²) in [5, 5.41) is 1.97. The zero-order valence-corrected chi connectivity index (χ0v) is 16.9. The number of carbonyl (C=O) groups excluding carboxylic acids is 2. The van der Waals surface area contributed by atoms with E-state index in [0.717, 1.165) is 29.8 Å². The molecule has 3 atom stereocenters. The zero-order chi connectivity index (χ0) is 19.7. The normalized spacial score (nSPS) is 25.7. The number of esters is 1. The Morgan fingerprint density at radius 1 is 1.25 bits per heavy atom. The monoisotopic (exact) mass is 400 g/mol. The second-order valence-electron chi connectivity index (χ2n) is 7.58. The summed E-state index contributed by atoms with van der Waals surface area (Å²) in [5.74, 6) is 0.613. The molecule has 1 amide bonds. The third-order valence-corrected chi connectivity index (χ3v) is 6.75. The molecule has 0 saturated carbocycles. The number of nitrogens with zero attached hydrogens (tertiary/aromatic N) is 2. The number of methoxy groups -OCH3 is 2. The van der Waals surface area contributed by atoms with E-state index in [-0.39, 0.29) is 24.0 Å². The van der Waals surface area contributed by atoms with E-state index in [1.165, 1.54) is 18.4 Å². The fourth-order valence-electron chi connectivity index (χ4n) is 4.90. The minimum atomic E-state index is -0.693. The van der Waals surface area contributed by atoms with Crippen molar-refractivity contribution in [2.75, 3.05) is 14.2 Å². The zero-order valence-electron chi connectivity index (χ0n) is 16.1. The lowest BCUT2D eigenvalue weighted by Gasteiger charge is -2.34. The van der Waals surface area contributed by atoms with Gasteiger partial charge in [-0.3, -0.25) is 9.59 Å². The summed E-state index contributed by atoms with van der Waals surface area (Å²) >= 11 is 1.52. The van der Waals surface area contributed by atoms with Crippen LogP contribution in [0.5, 0.6) is 5.75 Å². The topological polar surface area (TPSA) is 68.7 Å². The van der Waals surface area contributed by atoms with E-state index in [1.54, 1.807) is 12.6 Å². The van der Waals surface area contributed by atoms with Crippen LogP contribution in [-0.2, 0) is 27.2 Å². The molecule has 3 heterocycles. The Kier molecular flexibility index (Phi) is 5.10. The predicted octanol–water partition coefficient (Wildman–Crippen LogP) is 2.86. The molecule has 2 fully saturated rings. The predicted molar refractivity (Wildman–Crippen MR) is 105 cm³/mol. The number of rotatable bonds is 6. The molecule has 1 aromatic carbocycles. The maximum absolute atomic E-state index is 13.2. The van der Waals surface area contributed by atoms with Gasteiger partial charge in [-0.05, 0) is 37.0 Å². The average Bonchev–Trinajstić information content (AvgIpc) is 3.43. The SMILES string of the molecule is COC(=O)[C@@]1(Cc2cscn2)C[C@H]2CC[C@@H]1N2C(=O)Cc1ccc(OC)cc1. The molecule has 4 rings (SSSR count). The average molecular weight is 401 g/mol. The van der Waals surface area contributed by atoms with Crippen molar-refractivity contribution in [1.29, 1.82) is 0 Å². The number of hydrogen-bond donors (Lipinski definition) is 0. The molecule has 7 heteroatoms. The smallest absolute Gasteiger partial charge is 0.314 e. The first-order chi connectivity index (χ1) is 13.6. The van der Waals surface area contributed by atoms with Gasteiger partial charge in [0.25, 0.3) is 0 Å². The third kappa shape index (κ3) is 3.17. The lowest BCUT2D eigenvalue weighted by atomic mass is 9.71. The van der Waals surface area contributed by atoms with Crippen molar-refractivity contribution in [1.82, 2.24) is 9.88 Å². The van der Waals surface area contributed by atoms with Crippen LogP contribution < -0.4 is 4.74 Å². The quantitative estimate of drug-likeness (QED) is 0.698. The maximum atomic E-state index is 13.2. The molecule has 28 heavy (non-hydrogen) atoms. The van der Waals surface area contributed by atoms with Crippen molar-refractivity contribution >= 4 is 23.2 Å². The first kappa shape index (κ1) is 18.9. The van der Waals surface area contributed by atoms with Crippen molar-refractivity contribution in [2.24, 2.45) is 5.41 Å². The van der Waals surface area contributed by atoms with Crippen molar-refractivity contribution in [2.45, 2.75) is 44.2 Å². The highest BCUT2D eigenvalue weighted by Crippen LogP contribution is 2.52. The van der Waals surface area contributed by atoms with Crippen LogP contribution in [0.2, 0.25) is 0 Å². The van der Waals surface area contributed by atoms with E-state index in [1.807, 2.05) is 34.5 Å². The van der Waals surface area contributed by atoms with E-state index in [2.05, 4.69) is 4.98 Å². The van der Waals surface area contributed by atoms with Gasteiger partial charge in [0.2, 0.25) is 5.91 Å². The molecule has 2 aliphatic rings. The molecular formula is C21H24N2O4S. The second-order valence-corrected chi connectivity index (χ2v) is 8.30. The molecule has 6 nitrogen and oxygen atoms in total. The van der Waals surface area contributed by atoms with Gasteiger partial charge in [-0.2, -0.15) is 0 Å². The minimum Gasteiger partial charge on any atom is -0.497 e. The Hall–Kier alpha value is -2.41. The third-order valence-electron chi connectivity index (χ3n) is 6.11. The number of amides is 1. The summed E-state index contributed by atoms with van der Waals surface area (Å²) in [5.41, 5.74) is 2.92. The van der Waals surface area contributed by atoms with E-state index in [4.69, 9.17) is 9.47 Å². The van der Waals surface area contributed by atoms with Gasteiger partial charge in [0.1, 0.15) is 5.75 Å². The summed E-state index contributed by atoms with van der Waals surface area (Å²) in [6.07, 6.45) is 3.27. The second kappa shape index (κ2) is 7.54. The first-order valence-electron chi connectivity index (χ1n) is 9.47. The number of thiazole rings is 1. The molecule has 0 unspecified atom stereocenters. The molecule has 2 aromatic rings. The van der Waals surface area contributed by atoms with Crippen LogP contribution in [0.3, 0.4) is 0 Å². The molecule has 0 radical (unpaired) electrons. The molecule has 0 N–H and O–H groups in total. The van der Waals surface area contributed by atoms with Gasteiger partial charge < -0.3 is 14.4 Å². The van der Waals surface area contributed by atoms with Crippen LogP contribution in [0.15, 0.2) is 35.2 Å². The number of carbonyl (C=O) groups is 2. The molecule has 148 valence electrons. The Morgan fingerprint density at radius 2 is 2.04 bits per heavy atom. The van der Waals surface area contributed by atoms with Crippen LogP contribution in [0.1, 0.15) is 30.5 Å². The van der Waals surface area contributed by atoms with E-state index in [9.17, 15) is 9.59 Å². The molecule has 0 aliphatic carbocycles. The Bertz CT molecular complexity index is 852. The number of ether oxygens (including phenoxy) is 2. The van der Waals surface area contributed by atoms with Gasteiger partial charge in [-0.15, -0.1) is 11.3 Å². The molecule has 0 spiro atoms. The lowest BCUT2D eigenvalue weighted by molar-refractivity contribution is -0.155. The summed E-state index contributed by atoms with van der Waals surface area (Å²) in [6.45, 7) is 0. The van der Waals surface area contributed by atoms with Gasteiger partial charge in [-0.25, -0.2) is 4.98 Å². The molecule has 2 bridgehead atoms. The number of benzene rings is 1. The Balaban J connectivity index is 1.56. The fraction of sp³-hybridized carbons (Fsp3) is 0.476. The van der Waals surface area contributed by atoms with Crippen LogP contribution in [0.25, 0.3) is 0 Å². The first-order valence-corrected chi connectivity index (χ1v) is 10.4. The van der Waals surface area contributed by atoms with Crippen molar-refractivity contribution in [3.63, 3.8) is 0 Å². The Morgan fingerprint density at radius 3 is 2.68 bits per heavy atom. The summed E-state index contributed by atoms with van der Waals surface area (Å²) < 4.78 is 10.4. The van der Waals surface area contributed by atoms with Crippen LogP contribution in [0.4, 0.5) is 0 Å². The number of aromatic nitrogens is 1. The minimum absolute atomic E-state index is 0.0710. The summed E-state index contributed by atoms with van der Waals surface area (Å²) in [4.78, 5) is 32.3. The lowest BCUT2D eigenvalue weighted by Crippen LogP contribution is -2.47. The van der Waals surface area contributed by atoms with Crippen LogP contribution >= 0.6 is 11.3 Å². The standard InChI is InChI=1S/C21H24N2O4S/c1-26-17-6-3-14(4-7-17)9-19(24)23-16-5-8-18(23)21(11-16,20(25)27-2)10-15-12-28-13-22-15/h3-4,6-7,12-13,16,18H,5,8-11H2,1-2H3/t16-,18+,21+/m1/s1.